The van der Waals surface area contributed by atoms with Crippen LogP contribution in [0.2, 0.25) is 0 Å². The average molecular weight is 524 g/mol. The van der Waals surface area contributed by atoms with Crippen molar-refractivity contribution in [3.8, 4) is 0 Å². The molecule has 2 aliphatic heterocycles. The van der Waals surface area contributed by atoms with Crippen LogP contribution in [0.4, 0.5) is 13.2 Å². The van der Waals surface area contributed by atoms with Crippen LogP contribution in [0, 0.1) is 0 Å². The van der Waals surface area contributed by atoms with Gasteiger partial charge in [-0.05, 0) is 41.8 Å². The molecule has 2 amide bonds. The first kappa shape index (κ1) is 27.4. The van der Waals surface area contributed by atoms with Crippen LogP contribution in [0.15, 0.2) is 53.9 Å². The maximum atomic E-state index is 12.9. The SMILES string of the molecule is CC[C@@H](/C=C/C(=O)N1C2CCC1c1ccccc12)NC(=O)[C@@H](N)Cc1cccs1.O=C(O)C(F)(F)F. The van der Waals surface area contributed by atoms with E-state index in [-0.39, 0.29) is 29.9 Å². The number of halogens is 3. The van der Waals surface area contributed by atoms with Crippen LogP contribution in [-0.2, 0) is 20.8 Å². The van der Waals surface area contributed by atoms with Gasteiger partial charge in [-0.25, -0.2) is 4.79 Å². The van der Waals surface area contributed by atoms with E-state index in [1.54, 1.807) is 23.5 Å². The van der Waals surface area contributed by atoms with Crippen molar-refractivity contribution < 1.29 is 32.7 Å². The van der Waals surface area contributed by atoms with Gasteiger partial charge in [0.25, 0.3) is 0 Å². The molecule has 194 valence electrons. The number of amides is 2. The lowest BCUT2D eigenvalue weighted by atomic mass is 9.92. The van der Waals surface area contributed by atoms with Crippen molar-refractivity contribution in [3.63, 3.8) is 0 Å². The van der Waals surface area contributed by atoms with E-state index in [0.29, 0.717) is 12.8 Å². The van der Waals surface area contributed by atoms with Crippen LogP contribution in [-0.4, -0.2) is 46.1 Å². The minimum Gasteiger partial charge on any atom is -0.475 e. The summed E-state index contributed by atoms with van der Waals surface area (Å²) < 4.78 is 31.7. The molecule has 4 atom stereocenters. The molecule has 1 aromatic carbocycles. The number of carboxylic acid groups (broad SMARTS) is 1. The molecule has 0 spiro atoms. The van der Waals surface area contributed by atoms with Crippen molar-refractivity contribution in [2.45, 2.75) is 63.0 Å². The van der Waals surface area contributed by atoms with E-state index in [2.05, 4.69) is 17.4 Å². The van der Waals surface area contributed by atoms with Gasteiger partial charge >= 0.3 is 12.1 Å². The number of nitrogens with zero attached hydrogens (tertiary/aromatic N) is 1. The average Bonchev–Trinajstić information content (AvgIpc) is 3.57. The van der Waals surface area contributed by atoms with Crippen molar-refractivity contribution >= 4 is 29.1 Å². The Balaban J connectivity index is 0.000000454. The first-order valence-corrected chi connectivity index (χ1v) is 12.4. The number of rotatable bonds is 7. The lowest BCUT2D eigenvalue weighted by molar-refractivity contribution is -0.192. The van der Waals surface area contributed by atoms with Crippen LogP contribution < -0.4 is 11.1 Å². The molecular formula is C25H28F3N3O4S. The van der Waals surface area contributed by atoms with E-state index in [4.69, 9.17) is 15.6 Å². The molecule has 4 rings (SSSR count). The summed E-state index contributed by atoms with van der Waals surface area (Å²) in [5, 5.41) is 12.1. The van der Waals surface area contributed by atoms with Gasteiger partial charge in [0.05, 0.1) is 18.1 Å². The van der Waals surface area contributed by atoms with E-state index < -0.39 is 18.2 Å². The summed E-state index contributed by atoms with van der Waals surface area (Å²) in [5.41, 5.74) is 8.62. The van der Waals surface area contributed by atoms with Crippen molar-refractivity contribution in [2.24, 2.45) is 5.73 Å². The fraction of sp³-hybridized carbons (Fsp3) is 0.400. The highest BCUT2D eigenvalue weighted by atomic mass is 32.1. The highest BCUT2D eigenvalue weighted by Crippen LogP contribution is 2.52. The van der Waals surface area contributed by atoms with Gasteiger partial charge in [0.15, 0.2) is 0 Å². The van der Waals surface area contributed by atoms with Crippen LogP contribution in [0.25, 0.3) is 0 Å². The zero-order valence-corrected chi connectivity index (χ0v) is 20.4. The van der Waals surface area contributed by atoms with Crippen LogP contribution in [0.1, 0.15) is 54.3 Å². The van der Waals surface area contributed by atoms with Gasteiger partial charge in [0, 0.05) is 23.4 Å². The van der Waals surface area contributed by atoms with Crippen LogP contribution >= 0.6 is 11.3 Å². The molecule has 36 heavy (non-hydrogen) atoms. The second-order valence-corrected chi connectivity index (χ2v) is 9.59. The van der Waals surface area contributed by atoms with Gasteiger partial charge in [-0.1, -0.05) is 43.3 Å². The minimum atomic E-state index is -5.08. The number of hydrogen-bond acceptors (Lipinski definition) is 5. The Labute approximate surface area is 210 Å². The zero-order valence-electron chi connectivity index (χ0n) is 19.6. The summed E-state index contributed by atoms with van der Waals surface area (Å²) >= 11 is 1.60. The number of nitrogens with two attached hydrogens (primary N) is 1. The number of thiophene rings is 1. The predicted molar refractivity (Wildman–Crippen MR) is 129 cm³/mol. The van der Waals surface area contributed by atoms with Gasteiger partial charge in [-0.15, -0.1) is 11.3 Å². The largest absolute Gasteiger partial charge is 0.490 e. The quantitative estimate of drug-likeness (QED) is 0.473. The van der Waals surface area contributed by atoms with Gasteiger partial charge in [-0.2, -0.15) is 13.2 Å². The van der Waals surface area contributed by atoms with E-state index in [9.17, 15) is 22.8 Å². The van der Waals surface area contributed by atoms with Crippen LogP contribution in [0.5, 0.6) is 0 Å². The molecule has 0 radical (unpaired) electrons. The number of benzene rings is 1. The van der Waals surface area contributed by atoms with Gasteiger partial charge in [0.2, 0.25) is 11.8 Å². The number of hydrogen-bond donors (Lipinski definition) is 3. The molecule has 2 unspecified atom stereocenters. The third-order valence-corrected chi connectivity index (χ3v) is 7.07. The maximum absolute atomic E-state index is 12.9. The Kier molecular flexibility index (Phi) is 8.91. The first-order valence-electron chi connectivity index (χ1n) is 11.5. The molecule has 2 bridgehead atoms. The van der Waals surface area contributed by atoms with E-state index in [1.807, 2.05) is 41.5 Å². The van der Waals surface area contributed by atoms with Gasteiger partial charge in [-0.3, -0.25) is 9.59 Å². The first-order chi connectivity index (χ1) is 17.0. The van der Waals surface area contributed by atoms with Crippen molar-refractivity contribution in [1.82, 2.24) is 10.2 Å². The topological polar surface area (TPSA) is 113 Å². The summed E-state index contributed by atoms with van der Waals surface area (Å²) in [5.74, 6) is -2.92. The summed E-state index contributed by atoms with van der Waals surface area (Å²) in [6.07, 6.45) is 1.61. The fourth-order valence-electron chi connectivity index (χ4n) is 4.45. The highest BCUT2D eigenvalue weighted by molar-refractivity contribution is 7.09. The summed E-state index contributed by atoms with van der Waals surface area (Å²) in [6.45, 7) is 1.99. The smallest absolute Gasteiger partial charge is 0.475 e. The molecule has 4 N–H and O–H groups in total. The molecule has 0 saturated carbocycles. The molecule has 1 fully saturated rings. The molecule has 2 aliphatic rings. The standard InChI is InChI=1S/C23H27N3O2S.C2HF3O2/c1-2-15(25-23(28)19(24)14-16-6-5-13-29-16)9-12-22(27)26-20-10-11-21(26)18-8-4-3-7-17(18)20;3-2(4,5)1(6)7/h3-9,12-13,15,19-21H,2,10-11,14,24H2,1H3,(H,25,28);(H,6,7)/b12-9+;/t15-,19-,20?,21?;/m0./s1. The second-order valence-electron chi connectivity index (χ2n) is 8.56. The summed E-state index contributed by atoms with van der Waals surface area (Å²) in [4.78, 5) is 37.4. The van der Waals surface area contributed by atoms with Crippen LogP contribution in [0.3, 0.4) is 0 Å². The fourth-order valence-corrected chi connectivity index (χ4v) is 5.21. The number of carbonyl (C=O) groups excluding carboxylic acids is 2. The molecule has 1 aromatic heterocycles. The van der Waals surface area contributed by atoms with E-state index in [0.717, 1.165) is 17.7 Å². The van der Waals surface area contributed by atoms with Crippen molar-refractivity contribution in [2.75, 3.05) is 0 Å². The molecule has 2 aromatic rings. The Bertz CT molecular complexity index is 1070. The van der Waals surface area contributed by atoms with Crippen molar-refractivity contribution in [3.05, 3.63) is 69.9 Å². The number of nitrogens with one attached hydrogen (secondary N) is 1. The molecule has 7 nitrogen and oxygen atoms in total. The Morgan fingerprint density at radius 1 is 1.17 bits per heavy atom. The molecule has 11 heteroatoms. The number of fused-ring (bicyclic) bond motifs is 5. The maximum Gasteiger partial charge on any atom is 0.490 e. The Morgan fingerprint density at radius 3 is 2.22 bits per heavy atom. The number of carbonyl (C=O) groups is 3. The minimum absolute atomic E-state index is 0.0179. The summed E-state index contributed by atoms with van der Waals surface area (Å²) in [6, 6.07) is 11.9. The number of alkyl halides is 3. The van der Waals surface area contributed by atoms with E-state index >= 15 is 0 Å². The third-order valence-electron chi connectivity index (χ3n) is 6.17. The summed E-state index contributed by atoms with van der Waals surface area (Å²) in [7, 11) is 0. The molecule has 1 saturated heterocycles. The normalized spacial score (nSPS) is 19.9. The van der Waals surface area contributed by atoms with Gasteiger partial charge < -0.3 is 21.1 Å². The number of aliphatic carboxylic acids is 1. The molecule has 3 heterocycles. The molecule has 0 aliphatic carbocycles. The Hall–Kier alpha value is -3.18. The predicted octanol–water partition coefficient (Wildman–Crippen LogP) is 4.12. The number of carboxylic acids is 1. The zero-order chi connectivity index (χ0) is 26.5. The monoisotopic (exact) mass is 523 g/mol. The lowest BCUT2D eigenvalue weighted by Gasteiger charge is -2.21. The third kappa shape index (κ3) is 6.52. The lowest BCUT2D eigenvalue weighted by Crippen LogP contribution is -2.45. The van der Waals surface area contributed by atoms with Crippen molar-refractivity contribution in [1.29, 1.82) is 0 Å². The molecular weight excluding hydrogens is 495 g/mol. The van der Waals surface area contributed by atoms with Gasteiger partial charge in [0.1, 0.15) is 0 Å². The second kappa shape index (κ2) is 11.7. The Morgan fingerprint density at radius 2 is 1.75 bits per heavy atom. The van der Waals surface area contributed by atoms with E-state index in [1.165, 1.54) is 11.1 Å². The highest BCUT2D eigenvalue weighted by Gasteiger charge is 2.45.